The highest BCUT2D eigenvalue weighted by atomic mass is 35.5. The van der Waals surface area contributed by atoms with Gasteiger partial charge in [0.2, 0.25) is 10.0 Å². The minimum atomic E-state index is -4.29. The third-order valence-corrected chi connectivity index (χ3v) is 4.07. The third kappa shape index (κ3) is 3.87. The van der Waals surface area contributed by atoms with Gasteiger partial charge in [-0.1, -0.05) is 11.6 Å². The molecule has 1 aromatic carbocycles. The number of carbonyl (C=O) groups is 1. The van der Waals surface area contributed by atoms with Crippen LogP contribution in [0.5, 0.6) is 0 Å². The smallest absolute Gasteiger partial charge is 0.333 e. The van der Waals surface area contributed by atoms with Crippen molar-refractivity contribution in [1.29, 1.82) is 0 Å². The summed E-state index contributed by atoms with van der Waals surface area (Å²) in [4.78, 5) is 19.6. The molecule has 3 N–H and O–H groups in total. The highest BCUT2D eigenvalue weighted by Crippen LogP contribution is 2.25. The molecule has 0 fully saturated rings. The van der Waals surface area contributed by atoms with Crippen LogP contribution in [0.1, 0.15) is 0 Å². The van der Waals surface area contributed by atoms with Gasteiger partial charge in [0, 0.05) is 18.7 Å². The average Bonchev–Trinajstić information content (AvgIpc) is 2.35. The molecule has 0 unspecified atom stereocenters. The molecule has 0 aromatic heterocycles. The van der Waals surface area contributed by atoms with Gasteiger partial charge in [-0.15, -0.1) is 0 Å². The molecule has 110 valence electrons. The predicted molar refractivity (Wildman–Crippen MR) is 66.9 cm³/mol. The fourth-order valence-corrected chi connectivity index (χ4v) is 2.72. The molecular weight excluding hydrogens is 316 g/mol. The number of hydrogen-bond donors (Lipinski definition) is 3. The van der Waals surface area contributed by atoms with Gasteiger partial charge >= 0.3 is 5.97 Å². The van der Waals surface area contributed by atoms with E-state index in [0.717, 1.165) is 18.2 Å². The standard InChI is InChI=1S/C9H9ClN2O7S/c10-6-2-1-5(12(16)17)3-8(6)20(18,19)11-4-7(13)9(14)15/h1-3,7,11,13H,4H2,(H,14,15)/t7-/m0/s1. The molecule has 1 rings (SSSR count). The van der Waals surface area contributed by atoms with E-state index >= 15 is 0 Å². The summed E-state index contributed by atoms with van der Waals surface area (Å²) in [6.07, 6.45) is -1.94. The molecule has 0 spiro atoms. The van der Waals surface area contributed by atoms with Gasteiger partial charge in [0.25, 0.3) is 5.69 Å². The summed E-state index contributed by atoms with van der Waals surface area (Å²) in [5.41, 5.74) is -0.492. The molecule has 0 heterocycles. The van der Waals surface area contributed by atoms with Crippen LogP contribution in [0.4, 0.5) is 5.69 Å². The Morgan fingerprint density at radius 3 is 2.60 bits per heavy atom. The molecule has 0 bridgehead atoms. The Bertz CT molecular complexity index is 646. The first-order chi connectivity index (χ1) is 9.15. The van der Waals surface area contributed by atoms with Crippen LogP contribution in [0.3, 0.4) is 0 Å². The summed E-state index contributed by atoms with van der Waals surface area (Å²) in [6, 6.07) is 2.78. The van der Waals surface area contributed by atoms with Gasteiger partial charge in [0.05, 0.1) is 9.95 Å². The molecule has 0 saturated heterocycles. The van der Waals surface area contributed by atoms with Crippen molar-refractivity contribution in [2.75, 3.05) is 6.54 Å². The molecule has 0 aliphatic carbocycles. The number of aliphatic hydroxyl groups excluding tert-OH is 1. The Morgan fingerprint density at radius 1 is 1.50 bits per heavy atom. The first-order valence-corrected chi connectivity index (χ1v) is 6.85. The van der Waals surface area contributed by atoms with E-state index in [0.29, 0.717) is 0 Å². The fourth-order valence-electron chi connectivity index (χ4n) is 1.17. The lowest BCUT2D eigenvalue weighted by molar-refractivity contribution is -0.385. The Morgan fingerprint density at radius 2 is 2.10 bits per heavy atom. The Kier molecular flexibility index (Phi) is 5.00. The zero-order valence-corrected chi connectivity index (χ0v) is 11.3. The van der Waals surface area contributed by atoms with E-state index < -0.39 is 44.1 Å². The summed E-state index contributed by atoms with van der Waals surface area (Å²) < 4.78 is 25.5. The highest BCUT2D eigenvalue weighted by Gasteiger charge is 2.23. The molecule has 0 radical (unpaired) electrons. The average molecular weight is 325 g/mol. The van der Waals surface area contributed by atoms with Crippen molar-refractivity contribution < 1.29 is 28.3 Å². The van der Waals surface area contributed by atoms with Crippen LogP contribution in [-0.2, 0) is 14.8 Å². The van der Waals surface area contributed by atoms with Gasteiger partial charge in [0.15, 0.2) is 6.10 Å². The number of halogens is 1. The normalized spacial score (nSPS) is 12.9. The van der Waals surface area contributed by atoms with E-state index in [-0.39, 0.29) is 5.02 Å². The number of rotatable bonds is 6. The van der Waals surface area contributed by atoms with E-state index in [4.69, 9.17) is 21.8 Å². The van der Waals surface area contributed by atoms with Gasteiger partial charge < -0.3 is 10.2 Å². The number of aliphatic hydroxyl groups is 1. The lowest BCUT2D eigenvalue weighted by Gasteiger charge is -2.09. The summed E-state index contributed by atoms with van der Waals surface area (Å²) in [5.74, 6) is -1.61. The zero-order valence-electron chi connectivity index (χ0n) is 9.69. The van der Waals surface area contributed by atoms with E-state index in [9.17, 15) is 23.3 Å². The number of nitrogens with zero attached hydrogens (tertiary/aromatic N) is 1. The minimum Gasteiger partial charge on any atom is -0.479 e. The van der Waals surface area contributed by atoms with Crippen molar-refractivity contribution in [2.24, 2.45) is 0 Å². The van der Waals surface area contributed by atoms with Crippen LogP contribution in [0.15, 0.2) is 23.1 Å². The number of carboxylic acid groups (broad SMARTS) is 1. The Hall–Kier alpha value is -1.75. The predicted octanol–water partition coefficient (Wildman–Crippen LogP) is -0.0280. The highest BCUT2D eigenvalue weighted by molar-refractivity contribution is 7.89. The summed E-state index contributed by atoms with van der Waals surface area (Å²) in [6.45, 7) is -0.795. The van der Waals surface area contributed by atoms with Crippen LogP contribution in [0.2, 0.25) is 5.02 Å². The van der Waals surface area contributed by atoms with E-state index in [2.05, 4.69) is 0 Å². The number of nitro benzene ring substituents is 1. The van der Waals surface area contributed by atoms with Crippen LogP contribution in [-0.4, -0.2) is 42.2 Å². The molecule has 11 heteroatoms. The first kappa shape index (κ1) is 16.3. The molecular formula is C9H9ClN2O7S. The van der Waals surface area contributed by atoms with Crippen molar-refractivity contribution in [3.8, 4) is 0 Å². The molecule has 1 aromatic rings. The van der Waals surface area contributed by atoms with Crippen molar-refractivity contribution in [2.45, 2.75) is 11.0 Å². The second-order valence-electron chi connectivity index (χ2n) is 3.58. The minimum absolute atomic E-state index is 0.270. The van der Waals surface area contributed by atoms with Gasteiger partial charge in [-0.3, -0.25) is 10.1 Å². The van der Waals surface area contributed by atoms with Gasteiger partial charge in [-0.2, -0.15) is 0 Å². The maximum absolute atomic E-state index is 11.8. The van der Waals surface area contributed by atoms with Gasteiger partial charge in [0.1, 0.15) is 4.90 Å². The van der Waals surface area contributed by atoms with Crippen molar-refractivity contribution >= 4 is 33.3 Å². The second kappa shape index (κ2) is 6.13. The molecule has 9 nitrogen and oxygen atoms in total. The SMILES string of the molecule is O=C(O)[C@@H](O)CNS(=O)(=O)c1cc([N+](=O)[O-])ccc1Cl. The molecule has 20 heavy (non-hydrogen) atoms. The van der Waals surface area contributed by atoms with E-state index in [1.165, 1.54) is 0 Å². The molecule has 0 aliphatic rings. The number of nitro groups is 1. The molecule has 1 atom stereocenters. The van der Waals surface area contributed by atoms with E-state index in [1.807, 2.05) is 0 Å². The van der Waals surface area contributed by atoms with Crippen LogP contribution >= 0.6 is 11.6 Å². The number of aliphatic carboxylic acids is 1. The fraction of sp³-hybridized carbons (Fsp3) is 0.222. The third-order valence-electron chi connectivity index (χ3n) is 2.17. The van der Waals surface area contributed by atoms with E-state index in [1.54, 1.807) is 4.72 Å². The topological polar surface area (TPSA) is 147 Å². The number of hydrogen-bond acceptors (Lipinski definition) is 6. The number of carboxylic acids is 1. The summed E-state index contributed by atoms with van der Waals surface area (Å²) in [5, 5.41) is 27.7. The van der Waals surface area contributed by atoms with Crippen LogP contribution < -0.4 is 4.72 Å². The van der Waals surface area contributed by atoms with Crippen LogP contribution in [0, 0.1) is 10.1 Å². The lowest BCUT2D eigenvalue weighted by atomic mass is 10.3. The van der Waals surface area contributed by atoms with Gasteiger partial charge in [-0.25, -0.2) is 17.9 Å². The maximum atomic E-state index is 11.8. The summed E-state index contributed by atoms with van der Waals surface area (Å²) >= 11 is 5.64. The lowest BCUT2D eigenvalue weighted by Crippen LogP contribution is -2.36. The first-order valence-electron chi connectivity index (χ1n) is 4.99. The largest absolute Gasteiger partial charge is 0.479 e. The van der Waals surface area contributed by atoms with Crippen molar-refractivity contribution in [3.05, 3.63) is 33.3 Å². The molecule has 0 amide bonds. The summed E-state index contributed by atoms with van der Waals surface area (Å²) in [7, 11) is -4.29. The Balaban J connectivity index is 3.06. The monoisotopic (exact) mass is 324 g/mol. The number of nitrogens with one attached hydrogen (secondary N) is 1. The van der Waals surface area contributed by atoms with Crippen LogP contribution in [0.25, 0.3) is 0 Å². The number of benzene rings is 1. The molecule has 0 aliphatic heterocycles. The van der Waals surface area contributed by atoms with Gasteiger partial charge in [-0.05, 0) is 6.07 Å². The number of sulfonamides is 1. The zero-order chi connectivity index (χ0) is 15.5. The maximum Gasteiger partial charge on any atom is 0.333 e. The van der Waals surface area contributed by atoms with Crippen molar-refractivity contribution in [3.63, 3.8) is 0 Å². The number of non-ortho nitro benzene ring substituents is 1. The quantitative estimate of drug-likeness (QED) is 0.491. The Labute approximate surface area is 118 Å². The van der Waals surface area contributed by atoms with Crippen molar-refractivity contribution in [1.82, 2.24) is 4.72 Å². The molecule has 0 saturated carbocycles. The second-order valence-corrected chi connectivity index (χ2v) is 5.72.